The van der Waals surface area contributed by atoms with Gasteiger partial charge in [-0.2, -0.15) is 13.5 Å². The van der Waals surface area contributed by atoms with Gasteiger partial charge in [-0.1, -0.05) is 11.6 Å². The minimum atomic E-state index is -3.90. The molecular weight excluding hydrogens is 319 g/mol. The van der Waals surface area contributed by atoms with Crippen molar-refractivity contribution in [1.29, 1.82) is 0 Å². The average molecular weight is 329 g/mol. The fraction of sp³-hybridized carbons (Fsp3) is 0. The molecule has 21 heavy (non-hydrogen) atoms. The van der Waals surface area contributed by atoms with Crippen molar-refractivity contribution in [3.8, 4) is 5.75 Å². The van der Waals surface area contributed by atoms with Crippen LogP contribution in [0.2, 0.25) is 5.02 Å². The Morgan fingerprint density at radius 3 is 2.52 bits per heavy atom. The standard InChI is InChI=1S/C13H10ClFN2O3S/c14-10-1-6-13(18)9(7-10)8-16-17-21(19,20)12-4-2-11(15)3-5-12/h1-8,17-18H. The molecule has 2 aromatic carbocycles. The van der Waals surface area contributed by atoms with E-state index in [0.717, 1.165) is 30.5 Å². The van der Waals surface area contributed by atoms with Gasteiger partial charge in [-0.25, -0.2) is 9.22 Å². The van der Waals surface area contributed by atoms with E-state index in [0.29, 0.717) is 5.02 Å². The Bertz CT molecular complexity index is 777. The molecule has 0 aliphatic carbocycles. The van der Waals surface area contributed by atoms with E-state index >= 15 is 0 Å². The highest BCUT2D eigenvalue weighted by atomic mass is 35.5. The SMILES string of the molecule is O=S(=O)(NN=Cc1cc(Cl)ccc1O)c1ccc(F)cc1. The van der Waals surface area contributed by atoms with Crippen LogP contribution in [0.3, 0.4) is 0 Å². The molecule has 0 fully saturated rings. The zero-order valence-corrected chi connectivity index (χ0v) is 12.1. The van der Waals surface area contributed by atoms with Gasteiger partial charge in [-0.05, 0) is 42.5 Å². The van der Waals surface area contributed by atoms with Crippen molar-refractivity contribution in [2.75, 3.05) is 0 Å². The lowest BCUT2D eigenvalue weighted by Crippen LogP contribution is -2.18. The molecule has 0 bridgehead atoms. The molecule has 0 atom stereocenters. The number of nitrogens with one attached hydrogen (secondary N) is 1. The number of hydrazone groups is 1. The molecule has 0 unspecified atom stereocenters. The van der Waals surface area contributed by atoms with Gasteiger partial charge in [0.1, 0.15) is 11.6 Å². The largest absolute Gasteiger partial charge is 0.507 e. The second-order valence-electron chi connectivity index (χ2n) is 4.01. The van der Waals surface area contributed by atoms with E-state index in [-0.39, 0.29) is 16.2 Å². The third-order valence-electron chi connectivity index (χ3n) is 2.49. The normalized spacial score (nSPS) is 11.7. The second-order valence-corrected chi connectivity index (χ2v) is 6.11. The number of aromatic hydroxyl groups is 1. The molecule has 0 heterocycles. The van der Waals surface area contributed by atoms with Gasteiger partial charge in [0.2, 0.25) is 0 Å². The minimum absolute atomic E-state index is 0.0934. The van der Waals surface area contributed by atoms with Gasteiger partial charge in [0.25, 0.3) is 10.0 Å². The number of benzene rings is 2. The quantitative estimate of drug-likeness (QED) is 0.668. The highest BCUT2D eigenvalue weighted by molar-refractivity contribution is 7.89. The first kappa shape index (κ1) is 15.3. The lowest BCUT2D eigenvalue weighted by Gasteiger charge is -2.03. The van der Waals surface area contributed by atoms with Crippen LogP contribution >= 0.6 is 11.6 Å². The highest BCUT2D eigenvalue weighted by Gasteiger charge is 2.12. The topological polar surface area (TPSA) is 78.8 Å². The van der Waals surface area contributed by atoms with Crippen LogP contribution in [0.5, 0.6) is 5.75 Å². The molecule has 0 amide bonds. The number of hydrogen-bond acceptors (Lipinski definition) is 4. The Balaban J connectivity index is 2.16. The molecule has 0 aliphatic heterocycles. The summed E-state index contributed by atoms with van der Waals surface area (Å²) in [5.74, 6) is -0.634. The van der Waals surface area contributed by atoms with Crippen molar-refractivity contribution in [2.24, 2.45) is 5.10 Å². The zero-order chi connectivity index (χ0) is 15.5. The summed E-state index contributed by atoms with van der Waals surface area (Å²) in [7, 11) is -3.90. The third kappa shape index (κ3) is 3.93. The Hall–Kier alpha value is -2.12. The zero-order valence-electron chi connectivity index (χ0n) is 10.5. The summed E-state index contributed by atoms with van der Waals surface area (Å²) in [5, 5.41) is 13.5. The summed E-state index contributed by atoms with van der Waals surface area (Å²) in [5.41, 5.74) is 0.254. The van der Waals surface area contributed by atoms with Gasteiger partial charge < -0.3 is 5.11 Å². The molecule has 0 aliphatic rings. The number of hydrogen-bond donors (Lipinski definition) is 2. The molecule has 0 aromatic heterocycles. The molecule has 0 spiro atoms. The third-order valence-corrected chi connectivity index (χ3v) is 3.96. The second kappa shape index (κ2) is 6.11. The van der Waals surface area contributed by atoms with Crippen molar-refractivity contribution < 1.29 is 17.9 Å². The first-order valence-corrected chi connectivity index (χ1v) is 7.53. The van der Waals surface area contributed by atoms with Crippen molar-refractivity contribution >= 4 is 27.8 Å². The predicted octanol–water partition coefficient (Wildman–Crippen LogP) is 2.50. The van der Waals surface area contributed by atoms with E-state index in [9.17, 15) is 17.9 Å². The van der Waals surface area contributed by atoms with Crippen molar-refractivity contribution in [2.45, 2.75) is 4.90 Å². The van der Waals surface area contributed by atoms with Gasteiger partial charge >= 0.3 is 0 Å². The molecule has 5 nitrogen and oxygen atoms in total. The van der Waals surface area contributed by atoms with E-state index in [2.05, 4.69) is 5.10 Å². The van der Waals surface area contributed by atoms with Gasteiger partial charge in [-0.15, -0.1) is 0 Å². The molecule has 2 rings (SSSR count). The maximum Gasteiger partial charge on any atom is 0.276 e. The predicted molar refractivity (Wildman–Crippen MR) is 77.4 cm³/mol. The van der Waals surface area contributed by atoms with Crippen LogP contribution < -0.4 is 4.83 Å². The summed E-state index contributed by atoms with van der Waals surface area (Å²) < 4.78 is 36.4. The van der Waals surface area contributed by atoms with Gasteiger partial charge in [0, 0.05) is 10.6 Å². The van der Waals surface area contributed by atoms with Crippen LogP contribution in [0.15, 0.2) is 52.5 Å². The molecule has 0 saturated heterocycles. The summed E-state index contributed by atoms with van der Waals surface area (Å²) in [6, 6.07) is 8.55. The van der Waals surface area contributed by atoms with Crippen molar-refractivity contribution in [3.63, 3.8) is 0 Å². The van der Waals surface area contributed by atoms with E-state index in [1.807, 2.05) is 4.83 Å². The molecular formula is C13H10ClFN2O3S. The van der Waals surface area contributed by atoms with E-state index in [4.69, 9.17) is 11.6 Å². The highest BCUT2D eigenvalue weighted by Crippen LogP contribution is 2.19. The van der Waals surface area contributed by atoms with E-state index < -0.39 is 15.8 Å². The molecule has 2 N–H and O–H groups in total. The Labute approximate surface area is 125 Å². The fourth-order valence-electron chi connectivity index (χ4n) is 1.46. The lowest BCUT2D eigenvalue weighted by atomic mass is 10.2. The Morgan fingerprint density at radius 1 is 1.19 bits per heavy atom. The minimum Gasteiger partial charge on any atom is -0.507 e. The van der Waals surface area contributed by atoms with Crippen LogP contribution in [-0.2, 0) is 10.0 Å². The van der Waals surface area contributed by atoms with Crippen molar-refractivity contribution in [3.05, 3.63) is 58.9 Å². The molecule has 2 aromatic rings. The number of phenolic OH excluding ortho intramolecular Hbond substituents is 1. The fourth-order valence-corrected chi connectivity index (χ4v) is 2.43. The van der Waals surface area contributed by atoms with Crippen LogP contribution in [0.25, 0.3) is 0 Å². The first-order valence-electron chi connectivity index (χ1n) is 5.67. The smallest absolute Gasteiger partial charge is 0.276 e. The molecule has 8 heteroatoms. The molecule has 110 valence electrons. The number of nitrogens with zero attached hydrogens (tertiary/aromatic N) is 1. The molecule has 0 saturated carbocycles. The van der Waals surface area contributed by atoms with Crippen LogP contribution in [0.1, 0.15) is 5.56 Å². The lowest BCUT2D eigenvalue weighted by molar-refractivity contribution is 0.474. The Morgan fingerprint density at radius 2 is 1.86 bits per heavy atom. The first-order chi connectivity index (χ1) is 9.88. The Kier molecular flexibility index (Phi) is 4.44. The van der Waals surface area contributed by atoms with Crippen molar-refractivity contribution in [1.82, 2.24) is 4.83 Å². The summed E-state index contributed by atoms with van der Waals surface area (Å²) in [6.45, 7) is 0. The number of halogens is 2. The van der Waals surface area contributed by atoms with E-state index in [1.54, 1.807) is 0 Å². The van der Waals surface area contributed by atoms with Gasteiger partial charge in [-0.3, -0.25) is 0 Å². The summed E-state index contributed by atoms with van der Waals surface area (Å²) in [4.78, 5) is 1.83. The maximum atomic E-state index is 12.7. The van der Waals surface area contributed by atoms with Crippen LogP contribution in [0.4, 0.5) is 4.39 Å². The van der Waals surface area contributed by atoms with Gasteiger partial charge in [0.05, 0.1) is 11.1 Å². The maximum absolute atomic E-state index is 12.7. The summed E-state index contributed by atoms with van der Waals surface area (Å²) in [6.07, 6.45) is 1.11. The van der Waals surface area contributed by atoms with Crippen LogP contribution in [-0.4, -0.2) is 19.7 Å². The molecule has 0 radical (unpaired) electrons. The monoisotopic (exact) mass is 328 g/mol. The average Bonchev–Trinajstić information content (AvgIpc) is 2.43. The van der Waals surface area contributed by atoms with Crippen LogP contribution in [0, 0.1) is 5.82 Å². The number of sulfonamides is 1. The number of phenols is 1. The van der Waals surface area contributed by atoms with Gasteiger partial charge in [0.15, 0.2) is 0 Å². The summed E-state index contributed by atoms with van der Waals surface area (Å²) >= 11 is 5.75. The number of rotatable bonds is 4. The van der Waals surface area contributed by atoms with E-state index in [1.165, 1.54) is 18.2 Å².